The summed E-state index contributed by atoms with van der Waals surface area (Å²) >= 11 is 0. The fourth-order valence-electron chi connectivity index (χ4n) is 4.84. The van der Waals surface area contributed by atoms with Crippen LogP contribution in [0, 0.1) is 35.5 Å². The molecule has 2 fully saturated rings. The molecule has 6 unspecified atom stereocenters. The van der Waals surface area contributed by atoms with E-state index in [1.54, 1.807) is 0 Å². The first kappa shape index (κ1) is 16.3. The first-order valence-electron chi connectivity index (χ1n) is 8.41. The zero-order chi connectivity index (χ0) is 15.6. The second-order valence-electron chi connectivity index (χ2n) is 7.14. The van der Waals surface area contributed by atoms with E-state index in [4.69, 9.17) is 0 Å². The summed E-state index contributed by atoms with van der Waals surface area (Å²) in [6, 6.07) is 0. The number of unbranched alkanes of at least 4 members (excludes halogenated alkanes) is 1. The lowest BCUT2D eigenvalue weighted by molar-refractivity contribution is -0.155. The van der Waals surface area contributed by atoms with Crippen molar-refractivity contribution in [1.29, 1.82) is 0 Å². The van der Waals surface area contributed by atoms with Gasteiger partial charge in [0.1, 0.15) is 0 Å². The Morgan fingerprint density at radius 2 is 1.76 bits per heavy atom. The van der Waals surface area contributed by atoms with Crippen molar-refractivity contribution in [2.75, 3.05) is 0 Å². The minimum Gasteiger partial charge on any atom is -0.481 e. The Balaban J connectivity index is 2.18. The molecule has 0 aromatic rings. The molecule has 6 atom stereocenters. The number of hydrogen-bond acceptors (Lipinski definition) is 2. The molecule has 0 saturated heterocycles. The molecule has 21 heavy (non-hydrogen) atoms. The molecule has 0 bridgehead atoms. The van der Waals surface area contributed by atoms with Gasteiger partial charge in [-0.1, -0.05) is 26.7 Å². The molecule has 2 aliphatic carbocycles. The molecule has 0 heterocycles. The lowest BCUT2D eigenvalue weighted by Gasteiger charge is -2.49. The monoisotopic (exact) mass is 296 g/mol. The Morgan fingerprint density at radius 1 is 1.05 bits per heavy atom. The van der Waals surface area contributed by atoms with Crippen LogP contribution in [0.25, 0.3) is 0 Å². The van der Waals surface area contributed by atoms with Crippen LogP contribution in [0.1, 0.15) is 58.8 Å². The highest BCUT2D eigenvalue weighted by Crippen LogP contribution is 2.52. The van der Waals surface area contributed by atoms with Crippen molar-refractivity contribution in [3.8, 4) is 0 Å². The molecule has 2 N–H and O–H groups in total. The average Bonchev–Trinajstić information content (AvgIpc) is 2.44. The highest BCUT2D eigenvalue weighted by molar-refractivity contribution is 5.72. The van der Waals surface area contributed by atoms with Crippen molar-refractivity contribution in [2.24, 2.45) is 35.5 Å². The molecule has 0 amide bonds. The number of carboxylic acids is 2. The van der Waals surface area contributed by atoms with E-state index in [9.17, 15) is 19.8 Å². The topological polar surface area (TPSA) is 74.6 Å². The third kappa shape index (κ3) is 3.41. The summed E-state index contributed by atoms with van der Waals surface area (Å²) in [6.45, 7) is 4.38. The summed E-state index contributed by atoms with van der Waals surface area (Å²) in [5, 5.41) is 18.8. The Hall–Kier alpha value is -1.06. The third-order valence-corrected chi connectivity index (χ3v) is 5.94. The van der Waals surface area contributed by atoms with Gasteiger partial charge in [-0.25, -0.2) is 0 Å². The molecular weight excluding hydrogens is 268 g/mol. The minimum absolute atomic E-state index is 0.0652. The first-order chi connectivity index (χ1) is 9.95. The van der Waals surface area contributed by atoms with E-state index in [2.05, 4.69) is 13.8 Å². The van der Waals surface area contributed by atoms with E-state index in [-0.39, 0.29) is 17.8 Å². The van der Waals surface area contributed by atoms with Crippen LogP contribution in [0.5, 0.6) is 0 Å². The van der Waals surface area contributed by atoms with E-state index in [0.717, 1.165) is 19.3 Å². The Kier molecular flexibility index (Phi) is 5.28. The third-order valence-electron chi connectivity index (χ3n) is 5.94. The zero-order valence-electron chi connectivity index (χ0n) is 13.1. The molecule has 0 aromatic heterocycles. The lowest BCUT2D eigenvalue weighted by atomic mass is 9.55. The smallest absolute Gasteiger partial charge is 0.306 e. The molecule has 4 heteroatoms. The van der Waals surface area contributed by atoms with Gasteiger partial charge in [-0.15, -0.1) is 0 Å². The predicted octanol–water partition coefficient (Wildman–Crippen LogP) is 3.65. The number of carboxylic acid groups (broad SMARTS) is 2. The quantitative estimate of drug-likeness (QED) is 0.812. The van der Waals surface area contributed by atoms with Gasteiger partial charge >= 0.3 is 11.9 Å². The van der Waals surface area contributed by atoms with Crippen LogP contribution >= 0.6 is 0 Å². The number of aliphatic carboxylic acids is 2. The largest absolute Gasteiger partial charge is 0.481 e. The maximum atomic E-state index is 11.6. The summed E-state index contributed by atoms with van der Waals surface area (Å²) in [5.74, 6) is -0.649. The lowest BCUT2D eigenvalue weighted by Crippen LogP contribution is -2.46. The molecular formula is C17H28O4. The highest BCUT2D eigenvalue weighted by atomic mass is 16.4. The van der Waals surface area contributed by atoms with Gasteiger partial charge in [0.2, 0.25) is 0 Å². The molecule has 2 rings (SSSR count). The second kappa shape index (κ2) is 6.80. The van der Waals surface area contributed by atoms with Crippen LogP contribution in [0.4, 0.5) is 0 Å². The molecule has 0 radical (unpaired) electrons. The van der Waals surface area contributed by atoms with Gasteiger partial charge in [0, 0.05) is 0 Å². The fourth-order valence-corrected chi connectivity index (χ4v) is 4.84. The molecule has 4 nitrogen and oxygen atoms in total. The van der Waals surface area contributed by atoms with Gasteiger partial charge < -0.3 is 10.2 Å². The van der Waals surface area contributed by atoms with Gasteiger partial charge in [-0.3, -0.25) is 9.59 Å². The molecule has 0 aliphatic heterocycles. The fraction of sp³-hybridized carbons (Fsp3) is 0.882. The predicted molar refractivity (Wildman–Crippen MR) is 79.9 cm³/mol. The second-order valence-corrected chi connectivity index (χ2v) is 7.14. The number of fused-ring (bicyclic) bond motifs is 1. The Bertz CT molecular complexity index is 392. The van der Waals surface area contributed by atoms with Crippen LogP contribution in [0.15, 0.2) is 0 Å². The number of rotatable bonds is 5. The average molecular weight is 296 g/mol. The van der Waals surface area contributed by atoms with E-state index in [1.165, 1.54) is 19.3 Å². The van der Waals surface area contributed by atoms with Gasteiger partial charge in [0.25, 0.3) is 0 Å². The normalized spacial score (nSPS) is 39.5. The van der Waals surface area contributed by atoms with E-state index in [0.29, 0.717) is 24.2 Å². The summed E-state index contributed by atoms with van der Waals surface area (Å²) in [5.41, 5.74) is 0. The van der Waals surface area contributed by atoms with Crippen LogP contribution in [0.3, 0.4) is 0 Å². The van der Waals surface area contributed by atoms with E-state index >= 15 is 0 Å². The number of carbonyl (C=O) groups is 2. The van der Waals surface area contributed by atoms with E-state index in [1.807, 2.05) is 0 Å². The summed E-state index contributed by atoms with van der Waals surface area (Å²) in [4.78, 5) is 22.9. The van der Waals surface area contributed by atoms with Crippen molar-refractivity contribution in [1.82, 2.24) is 0 Å². The van der Waals surface area contributed by atoms with Gasteiger partial charge in [-0.05, 0) is 55.8 Å². The van der Waals surface area contributed by atoms with Crippen molar-refractivity contribution >= 4 is 11.9 Å². The Labute approximate surface area is 126 Å². The maximum absolute atomic E-state index is 11.6. The highest BCUT2D eigenvalue weighted by Gasteiger charge is 2.48. The van der Waals surface area contributed by atoms with Crippen LogP contribution in [-0.2, 0) is 9.59 Å². The summed E-state index contributed by atoms with van der Waals surface area (Å²) < 4.78 is 0. The summed E-state index contributed by atoms with van der Waals surface area (Å²) in [7, 11) is 0. The Morgan fingerprint density at radius 3 is 2.33 bits per heavy atom. The molecule has 120 valence electrons. The van der Waals surface area contributed by atoms with Crippen molar-refractivity contribution in [3.05, 3.63) is 0 Å². The molecule has 0 aromatic carbocycles. The first-order valence-corrected chi connectivity index (χ1v) is 8.41. The van der Waals surface area contributed by atoms with Crippen molar-refractivity contribution in [2.45, 2.75) is 58.8 Å². The van der Waals surface area contributed by atoms with Crippen molar-refractivity contribution in [3.63, 3.8) is 0 Å². The molecule has 0 spiro atoms. The minimum atomic E-state index is -0.749. The number of hydrogen-bond donors (Lipinski definition) is 2. The van der Waals surface area contributed by atoms with Gasteiger partial charge in [-0.2, -0.15) is 0 Å². The van der Waals surface area contributed by atoms with Gasteiger partial charge in [0.15, 0.2) is 0 Å². The molecule has 2 saturated carbocycles. The maximum Gasteiger partial charge on any atom is 0.306 e. The van der Waals surface area contributed by atoms with Crippen molar-refractivity contribution < 1.29 is 19.8 Å². The van der Waals surface area contributed by atoms with Crippen LogP contribution in [0.2, 0.25) is 0 Å². The summed E-state index contributed by atoms with van der Waals surface area (Å²) in [6.07, 6.45) is 6.42. The van der Waals surface area contributed by atoms with Gasteiger partial charge in [0.05, 0.1) is 11.8 Å². The zero-order valence-corrected chi connectivity index (χ0v) is 13.1. The van der Waals surface area contributed by atoms with Crippen LogP contribution in [-0.4, -0.2) is 22.2 Å². The standard InChI is InChI=1S/C17H28O4/c1-3-4-5-12-10(2)8-15(17(20)21)14-9-11(16(18)19)6-7-13(12)14/h10-15H,3-9H2,1-2H3,(H,18,19)(H,20,21). The molecule has 2 aliphatic rings. The van der Waals surface area contributed by atoms with Crippen LogP contribution < -0.4 is 0 Å². The SMILES string of the molecule is CCCCC1C(C)CC(C(=O)O)C2CC(C(=O)O)CCC12. The van der Waals surface area contributed by atoms with E-state index < -0.39 is 11.9 Å².